The second kappa shape index (κ2) is 4.60. The summed E-state index contributed by atoms with van der Waals surface area (Å²) < 4.78 is 0. The number of halogens is 1. The maximum Gasteiger partial charge on any atom is 0.0398 e. The Morgan fingerprint density at radius 3 is 1.95 bits per heavy atom. The Morgan fingerprint density at radius 1 is 0.900 bits per heavy atom. The molecule has 1 aromatic carbocycles. The van der Waals surface area contributed by atoms with Gasteiger partial charge in [0, 0.05) is 4.83 Å². The van der Waals surface area contributed by atoms with Crippen molar-refractivity contribution in [3.8, 4) is 0 Å². The predicted octanol–water partition coefficient (Wildman–Crippen LogP) is 6.37. The van der Waals surface area contributed by atoms with Crippen LogP contribution in [0.5, 0.6) is 0 Å². The van der Waals surface area contributed by atoms with Crippen LogP contribution >= 0.6 is 15.9 Å². The topological polar surface area (TPSA) is 0 Å². The number of hydrogen-bond acceptors (Lipinski definition) is 0. The molecule has 0 spiro atoms. The Kier molecular flexibility index (Phi) is 3.36. The summed E-state index contributed by atoms with van der Waals surface area (Å²) in [5, 5.41) is 0. The van der Waals surface area contributed by atoms with Crippen molar-refractivity contribution in [1.82, 2.24) is 0 Å². The van der Waals surface area contributed by atoms with Crippen molar-refractivity contribution in [3.63, 3.8) is 0 Å². The second-order valence-corrected chi connectivity index (χ2v) is 9.35. The van der Waals surface area contributed by atoms with Crippen LogP contribution in [-0.2, 0) is 10.8 Å². The molecule has 0 radical (unpaired) electrons. The number of benzene rings is 1. The highest BCUT2D eigenvalue weighted by Crippen LogP contribution is 2.50. The van der Waals surface area contributed by atoms with Crippen LogP contribution in [0.3, 0.4) is 0 Å². The van der Waals surface area contributed by atoms with Gasteiger partial charge in [0.2, 0.25) is 0 Å². The third kappa shape index (κ3) is 2.17. The van der Waals surface area contributed by atoms with Crippen LogP contribution in [0.15, 0.2) is 12.1 Å². The molecule has 20 heavy (non-hydrogen) atoms. The number of fused-ring (bicyclic) bond motifs is 2. The quantitative estimate of drug-likeness (QED) is 0.483. The van der Waals surface area contributed by atoms with E-state index in [4.69, 9.17) is 0 Å². The standard InChI is InChI=1S/C19H27Br/c1-12-6-7-17(20)14-11-16-15(10-13(12)14)18(2,3)8-9-19(16,4)5/h10-12,17H,6-9H2,1-5H3. The third-order valence-corrected chi connectivity index (χ3v) is 6.73. The fourth-order valence-electron chi connectivity index (χ4n) is 4.05. The Labute approximate surface area is 132 Å². The largest absolute Gasteiger partial charge is 0.0839 e. The van der Waals surface area contributed by atoms with Crippen LogP contribution in [0.4, 0.5) is 0 Å². The van der Waals surface area contributed by atoms with Gasteiger partial charge in [-0.25, -0.2) is 0 Å². The lowest BCUT2D eigenvalue weighted by Crippen LogP contribution is -2.34. The fraction of sp³-hybridized carbons (Fsp3) is 0.684. The molecule has 0 saturated carbocycles. The normalized spacial score (nSPS) is 30.5. The van der Waals surface area contributed by atoms with Gasteiger partial charge >= 0.3 is 0 Å². The zero-order valence-electron chi connectivity index (χ0n) is 13.5. The van der Waals surface area contributed by atoms with Gasteiger partial charge in [-0.15, -0.1) is 0 Å². The molecule has 0 fully saturated rings. The molecule has 2 unspecified atom stereocenters. The average molecular weight is 335 g/mol. The van der Waals surface area contributed by atoms with Crippen LogP contribution in [-0.4, -0.2) is 0 Å². The highest BCUT2D eigenvalue weighted by atomic mass is 79.9. The molecule has 0 nitrogen and oxygen atoms in total. The van der Waals surface area contributed by atoms with E-state index >= 15 is 0 Å². The smallest absolute Gasteiger partial charge is 0.0398 e. The van der Waals surface area contributed by atoms with Gasteiger partial charge in [-0.1, -0.05) is 62.7 Å². The van der Waals surface area contributed by atoms with Crippen molar-refractivity contribution >= 4 is 15.9 Å². The van der Waals surface area contributed by atoms with Gasteiger partial charge in [-0.05, 0) is 64.7 Å². The van der Waals surface area contributed by atoms with E-state index in [1.54, 1.807) is 22.3 Å². The highest BCUT2D eigenvalue weighted by Gasteiger charge is 2.39. The van der Waals surface area contributed by atoms with E-state index in [1.807, 2.05) is 0 Å². The maximum absolute atomic E-state index is 3.91. The summed E-state index contributed by atoms with van der Waals surface area (Å²) in [5.41, 5.74) is 7.04. The van der Waals surface area contributed by atoms with Crippen LogP contribution in [0.1, 0.15) is 93.3 Å². The first-order chi connectivity index (χ1) is 9.22. The molecule has 0 N–H and O–H groups in total. The van der Waals surface area contributed by atoms with Crippen molar-refractivity contribution in [2.45, 2.75) is 81.9 Å². The highest BCUT2D eigenvalue weighted by molar-refractivity contribution is 9.09. The summed E-state index contributed by atoms with van der Waals surface area (Å²) >= 11 is 3.91. The van der Waals surface area contributed by atoms with E-state index in [0.717, 1.165) is 0 Å². The minimum Gasteiger partial charge on any atom is -0.0839 e. The molecule has 3 rings (SSSR count). The minimum atomic E-state index is 0.327. The predicted molar refractivity (Wildman–Crippen MR) is 91.0 cm³/mol. The summed E-state index contributed by atoms with van der Waals surface area (Å²) in [7, 11) is 0. The molecule has 0 aromatic heterocycles. The molecule has 0 amide bonds. The van der Waals surface area contributed by atoms with Gasteiger partial charge in [0.25, 0.3) is 0 Å². The molecule has 2 aliphatic carbocycles. The molecule has 1 heteroatoms. The summed E-state index contributed by atoms with van der Waals surface area (Å²) in [4.78, 5) is 0.555. The van der Waals surface area contributed by atoms with E-state index in [9.17, 15) is 0 Å². The zero-order chi connectivity index (χ0) is 14.7. The SMILES string of the molecule is CC1CCC(Br)c2cc3c(cc21)C(C)(C)CCC3(C)C. The lowest BCUT2D eigenvalue weighted by molar-refractivity contribution is 0.330. The van der Waals surface area contributed by atoms with E-state index in [1.165, 1.54) is 25.7 Å². The molecular formula is C19H27Br. The van der Waals surface area contributed by atoms with Crippen LogP contribution < -0.4 is 0 Å². The lowest BCUT2D eigenvalue weighted by atomic mass is 9.61. The molecular weight excluding hydrogens is 308 g/mol. The maximum atomic E-state index is 3.91. The Bertz CT molecular complexity index is 490. The molecule has 2 atom stereocenters. The molecule has 0 heterocycles. The molecule has 1 aromatic rings. The third-order valence-electron chi connectivity index (χ3n) is 5.78. The Hall–Kier alpha value is -0.300. The van der Waals surface area contributed by atoms with Crippen LogP contribution in [0, 0.1) is 0 Å². The number of alkyl halides is 1. The van der Waals surface area contributed by atoms with Gasteiger partial charge < -0.3 is 0 Å². The monoisotopic (exact) mass is 334 g/mol. The number of hydrogen-bond donors (Lipinski definition) is 0. The molecule has 0 bridgehead atoms. The van der Waals surface area contributed by atoms with Gasteiger partial charge in [0.15, 0.2) is 0 Å². The van der Waals surface area contributed by atoms with Gasteiger partial charge in [-0.3, -0.25) is 0 Å². The van der Waals surface area contributed by atoms with Crippen molar-refractivity contribution in [3.05, 3.63) is 34.4 Å². The second-order valence-electron chi connectivity index (χ2n) is 8.24. The average Bonchev–Trinajstić information content (AvgIpc) is 2.39. The van der Waals surface area contributed by atoms with Crippen molar-refractivity contribution in [2.24, 2.45) is 0 Å². The molecule has 110 valence electrons. The molecule has 0 saturated heterocycles. The van der Waals surface area contributed by atoms with Crippen molar-refractivity contribution in [1.29, 1.82) is 0 Å². The first-order valence-electron chi connectivity index (χ1n) is 8.05. The van der Waals surface area contributed by atoms with Crippen LogP contribution in [0.25, 0.3) is 0 Å². The summed E-state index contributed by atoms with van der Waals surface area (Å²) in [6.07, 6.45) is 5.19. The van der Waals surface area contributed by atoms with Gasteiger partial charge in [-0.2, -0.15) is 0 Å². The van der Waals surface area contributed by atoms with E-state index in [2.05, 4.69) is 62.7 Å². The fourth-order valence-corrected chi connectivity index (χ4v) is 4.71. The lowest BCUT2D eigenvalue weighted by Gasteiger charge is -2.43. The van der Waals surface area contributed by atoms with Gasteiger partial charge in [0.05, 0.1) is 0 Å². The minimum absolute atomic E-state index is 0.327. The first-order valence-corrected chi connectivity index (χ1v) is 8.97. The number of rotatable bonds is 0. The van der Waals surface area contributed by atoms with E-state index in [-0.39, 0.29) is 0 Å². The van der Waals surface area contributed by atoms with Gasteiger partial charge in [0.1, 0.15) is 0 Å². The summed E-state index contributed by atoms with van der Waals surface area (Å²) in [5.74, 6) is 0.713. The van der Waals surface area contributed by atoms with Crippen molar-refractivity contribution in [2.75, 3.05) is 0 Å². The van der Waals surface area contributed by atoms with E-state index in [0.29, 0.717) is 21.6 Å². The van der Waals surface area contributed by atoms with E-state index < -0.39 is 0 Å². The summed E-state index contributed by atoms with van der Waals surface area (Å²) in [6.45, 7) is 12.1. The summed E-state index contributed by atoms with van der Waals surface area (Å²) in [6, 6.07) is 5.10. The molecule has 0 aliphatic heterocycles. The first kappa shape index (κ1) is 14.6. The van der Waals surface area contributed by atoms with Crippen LogP contribution in [0.2, 0.25) is 0 Å². The van der Waals surface area contributed by atoms with Crippen molar-refractivity contribution < 1.29 is 0 Å². The molecule has 2 aliphatic rings. The Morgan fingerprint density at radius 2 is 1.40 bits per heavy atom. The Balaban J connectivity index is 2.25. The zero-order valence-corrected chi connectivity index (χ0v) is 15.1.